The number of nitrogens with one attached hydrogen (secondary N) is 1. The number of H-pyrrole nitrogens is 1. The van der Waals surface area contributed by atoms with Crippen molar-refractivity contribution in [3.63, 3.8) is 0 Å². The number of phenolic OH excluding ortho intramolecular Hbond substituents is 1. The Labute approximate surface area is 99.1 Å². The zero-order chi connectivity index (χ0) is 11.7. The lowest BCUT2D eigenvalue weighted by molar-refractivity contribution is 0.475. The molecule has 2 rings (SSSR count). The van der Waals surface area contributed by atoms with Gasteiger partial charge in [0.2, 0.25) is 0 Å². The van der Waals surface area contributed by atoms with Crippen LogP contribution in [0.4, 0.5) is 0 Å². The third-order valence-corrected chi connectivity index (χ3v) is 2.69. The van der Waals surface area contributed by atoms with E-state index in [1.165, 1.54) is 6.07 Å². The number of hydrogen-bond donors (Lipinski definition) is 2. The monoisotopic (exact) mass is 236 g/mol. The number of aromatic hydroxyl groups is 1. The molecule has 0 saturated heterocycles. The minimum absolute atomic E-state index is 0.161. The van der Waals surface area contributed by atoms with Gasteiger partial charge in [-0.15, -0.1) is 0 Å². The molecule has 4 heteroatoms. The average Bonchev–Trinajstić information content (AvgIpc) is 2.66. The Hall–Kier alpha value is -1.48. The van der Waals surface area contributed by atoms with Crippen molar-refractivity contribution in [1.82, 2.24) is 9.97 Å². The van der Waals surface area contributed by atoms with E-state index in [2.05, 4.69) is 23.8 Å². The summed E-state index contributed by atoms with van der Waals surface area (Å²) in [5, 5.41) is 9.77. The molecule has 3 nitrogen and oxygen atoms in total. The van der Waals surface area contributed by atoms with E-state index in [9.17, 15) is 5.11 Å². The van der Waals surface area contributed by atoms with E-state index in [1.54, 1.807) is 12.1 Å². The second-order valence-corrected chi connectivity index (χ2v) is 4.40. The molecule has 0 spiro atoms. The van der Waals surface area contributed by atoms with Gasteiger partial charge in [0.1, 0.15) is 11.6 Å². The number of rotatable bonds is 2. The number of aromatic nitrogens is 2. The Morgan fingerprint density at radius 2 is 2.12 bits per heavy atom. The van der Waals surface area contributed by atoms with Crippen molar-refractivity contribution in [2.45, 2.75) is 19.8 Å². The lowest BCUT2D eigenvalue weighted by Crippen LogP contribution is -1.89. The summed E-state index contributed by atoms with van der Waals surface area (Å²) in [6, 6.07) is 4.88. The first kappa shape index (κ1) is 11.0. The molecule has 0 unspecified atom stereocenters. The summed E-state index contributed by atoms with van der Waals surface area (Å²) in [5.74, 6) is 1.44. The third kappa shape index (κ3) is 2.04. The Balaban J connectivity index is 2.42. The first-order chi connectivity index (χ1) is 7.58. The third-order valence-electron chi connectivity index (χ3n) is 2.37. The minimum atomic E-state index is 0.161. The number of halogens is 1. The number of nitrogens with zero attached hydrogens (tertiary/aromatic N) is 1. The van der Waals surface area contributed by atoms with Crippen LogP contribution in [-0.4, -0.2) is 15.1 Å². The zero-order valence-electron chi connectivity index (χ0n) is 9.16. The summed E-state index contributed by atoms with van der Waals surface area (Å²) in [4.78, 5) is 7.56. The van der Waals surface area contributed by atoms with Gasteiger partial charge in [0.25, 0.3) is 0 Å². The predicted molar refractivity (Wildman–Crippen MR) is 64.8 cm³/mol. The van der Waals surface area contributed by atoms with Crippen LogP contribution in [0.1, 0.15) is 25.6 Å². The van der Waals surface area contributed by atoms with Crippen molar-refractivity contribution < 1.29 is 5.11 Å². The molecule has 0 bridgehead atoms. The largest absolute Gasteiger partial charge is 0.508 e. The quantitative estimate of drug-likeness (QED) is 0.838. The number of imidazole rings is 1. The van der Waals surface area contributed by atoms with E-state index in [1.807, 2.05) is 6.20 Å². The molecule has 2 aromatic rings. The van der Waals surface area contributed by atoms with Crippen LogP contribution in [0.3, 0.4) is 0 Å². The lowest BCUT2D eigenvalue weighted by Gasteiger charge is -2.01. The molecular weight excluding hydrogens is 224 g/mol. The fourth-order valence-electron chi connectivity index (χ4n) is 1.48. The van der Waals surface area contributed by atoms with Crippen LogP contribution >= 0.6 is 11.6 Å². The topological polar surface area (TPSA) is 48.9 Å². The van der Waals surface area contributed by atoms with E-state index in [0.717, 1.165) is 17.1 Å². The van der Waals surface area contributed by atoms with Crippen molar-refractivity contribution >= 4 is 11.6 Å². The molecule has 0 saturated carbocycles. The Kier molecular flexibility index (Phi) is 2.88. The summed E-state index contributed by atoms with van der Waals surface area (Å²) in [6.45, 7) is 4.14. The lowest BCUT2D eigenvalue weighted by atomic mass is 10.1. The van der Waals surface area contributed by atoms with Crippen LogP contribution < -0.4 is 0 Å². The molecule has 1 heterocycles. The Bertz CT molecular complexity index is 505. The standard InChI is InChI=1S/C12H13ClN2O/c1-7(2)12-14-6-11(15-12)9-4-3-8(16)5-10(9)13/h3-7,16H,1-2H3,(H,14,15). The van der Waals surface area contributed by atoms with Crippen LogP contribution in [0.2, 0.25) is 5.02 Å². The van der Waals surface area contributed by atoms with Crippen LogP contribution in [0.5, 0.6) is 5.75 Å². The highest BCUT2D eigenvalue weighted by atomic mass is 35.5. The van der Waals surface area contributed by atoms with Crippen molar-refractivity contribution in [3.8, 4) is 17.0 Å². The van der Waals surface area contributed by atoms with Gasteiger partial charge in [-0.3, -0.25) is 0 Å². The zero-order valence-corrected chi connectivity index (χ0v) is 9.92. The van der Waals surface area contributed by atoms with E-state index in [-0.39, 0.29) is 5.75 Å². The smallest absolute Gasteiger partial charge is 0.117 e. The Morgan fingerprint density at radius 1 is 1.38 bits per heavy atom. The number of aromatic amines is 1. The summed E-state index contributed by atoms with van der Waals surface area (Å²) in [6.07, 6.45) is 1.83. The highest BCUT2D eigenvalue weighted by molar-refractivity contribution is 6.33. The first-order valence-electron chi connectivity index (χ1n) is 5.12. The van der Waals surface area contributed by atoms with Gasteiger partial charge in [-0.05, 0) is 18.2 Å². The van der Waals surface area contributed by atoms with Crippen LogP contribution in [0.15, 0.2) is 24.4 Å². The normalized spacial score (nSPS) is 11.0. The fraction of sp³-hybridized carbons (Fsp3) is 0.250. The van der Waals surface area contributed by atoms with Gasteiger partial charge < -0.3 is 10.1 Å². The number of hydrogen-bond acceptors (Lipinski definition) is 2. The highest BCUT2D eigenvalue weighted by Gasteiger charge is 2.10. The number of benzene rings is 1. The molecule has 0 aliphatic heterocycles. The van der Waals surface area contributed by atoms with Crippen molar-refractivity contribution in [2.75, 3.05) is 0 Å². The number of phenols is 1. The predicted octanol–water partition coefficient (Wildman–Crippen LogP) is 3.56. The van der Waals surface area contributed by atoms with Crippen LogP contribution in [-0.2, 0) is 0 Å². The van der Waals surface area contributed by atoms with E-state index >= 15 is 0 Å². The summed E-state index contributed by atoms with van der Waals surface area (Å²) in [5.41, 5.74) is 1.62. The van der Waals surface area contributed by atoms with Crippen LogP contribution in [0.25, 0.3) is 11.3 Å². The van der Waals surface area contributed by atoms with Gasteiger partial charge in [-0.1, -0.05) is 25.4 Å². The molecule has 1 aromatic heterocycles. The molecule has 0 aliphatic carbocycles. The summed E-state index contributed by atoms with van der Waals surface area (Å²) >= 11 is 6.04. The highest BCUT2D eigenvalue weighted by Crippen LogP contribution is 2.30. The molecule has 2 N–H and O–H groups in total. The molecule has 0 aliphatic rings. The summed E-state index contributed by atoms with van der Waals surface area (Å²) < 4.78 is 0. The van der Waals surface area contributed by atoms with Crippen LogP contribution in [0, 0.1) is 0 Å². The van der Waals surface area contributed by atoms with E-state index < -0.39 is 0 Å². The van der Waals surface area contributed by atoms with Gasteiger partial charge in [-0.25, -0.2) is 4.98 Å². The summed E-state index contributed by atoms with van der Waals surface area (Å²) in [7, 11) is 0. The SMILES string of the molecule is CC(C)c1nc(-c2ccc(O)cc2Cl)c[nH]1. The second-order valence-electron chi connectivity index (χ2n) is 3.99. The fourth-order valence-corrected chi connectivity index (χ4v) is 1.75. The molecule has 0 atom stereocenters. The van der Waals surface area contributed by atoms with Crippen molar-refractivity contribution in [3.05, 3.63) is 35.2 Å². The average molecular weight is 237 g/mol. The van der Waals surface area contributed by atoms with Crippen molar-refractivity contribution in [1.29, 1.82) is 0 Å². The Morgan fingerprint density at radius 3 is 2.69 bits per heavy atom. The molecule has 0 radical (unpaired) electrons. The molecule has 0 fully saturated rings. The van der Waals surface area contributed by atoms with Gasteiger partial charge >= 0.3 is 0 Å². The van der Waals surface area contributed by atoms with Gasteiger partial charge in [0.15, 0.2) is 0 Å². The molecular formula is C12H13ClN2O. The van der Waals surface area contributed by atoms with Gasteiger partial charge in [-0.2, -0.15) is 0 Å². The molecule has 1 aromatic carbocycles. The maximum absolute atomic E-state index is 9.27. The maximum Gasteiger partial charge on any atom is 0.117 e. The maximum atomic E-state index is 9.27. The van der Waals surface area contributed by atoms with E-state index in [4.69, 9.17) is 11.6 Å². The first-order valence-corrected chi connectivity index (χ1v) is 5.50. The molecule has 0 amide bonds. The second kappa shape index (κ2) is 4.18. The minimum Gasteiger partial charge on any atom is -0.508 e. The van der Waals surface area contributed by atoms with Gasteiger partial charge in [0.05, 0.1) is 10.7 Å². The molecule has 84 valence electrons. The van der Waals surface area contributed by atoms with Gasteiger partial charge in [0, 0.05) is 17.7 Å². The van der Waals surface area contributed by atoms with Crippen molar-refractivity contribution in [2.24, 2.45) is 0 Å². The molecule has 16 heavy (non-hydrogen) atoms. The van der Waals surface area contributed by atoms with E-state index in [0.29, 0.717) is 10.9 Å².